The molecule has 2 aromatic rings. The Morgan fingerprint density at radius 2 is 1.68 bits per heavy atom. The fraction of sp³-hybridized carbons (Fsp3) is 0.222. The minimum Gasteiger partial charge on any atom is -0.459 e. The van der Waals surface area contributed by atoms with Gasteiger partial charge in [-0.15, -0.1) is 11.6 Å². The molecule has 28 heavy (non-hydrogen) atoms. The van der Waals surface area contributed by atoms with Gasteiger partial charge in [0.25, 0.3) is 0 Å². The summed E-state index contributed by atoms with van der Waals surface area (Å²) in [6.45, 7) is -0.103. The highest BCUT2D eigenvalue weighted by Gasteiger charge is 2.23. The molecule has 0 unspecified atom stereocenters. The molecular weight excluding hydrogens is 429 g/mol. The van der Waals surface area contributed by atoms with Crippen molar-refractivity contribution in [2.45, 2.75) is 19.1 Å². The molecule has 0 radical (unpaired) electrons. The van der Waals surface area contributed by atoms with E-state index in [2.05, 4.69) is 10.3 Å². The number of primary amides is 1. The number of carbonyl (C=O) groups excluding carboxylic acids is 3. The first-order valence-corrected chi connectivity index (χ1v) is 9.30. The molecule has 0 bridgehead atoms. The lowest BCUT2D eigenvalue weighted by molar-refractivity contribution is -0.148. The van der Waals surface area contributed by atoms with Crippen molar-refractivity contribution in [2.24, 2.45) is 5.73 Å². The Balaban J connectivity index is 2.08. The summed E-state index contributed by atoms with van der Waals surface area (Å²) in [4.78, 5) is 39.1. The molecule has 1 aromatic carbocycles. The molecule has 3 N–H and O–H groups in total. The molecule has 1 atom stereocenters. The van der Waals surface area contributed by atoms with E-state index in [9.17, 15) is 14.4 Å². The van der Waals surface area contributed by atoms with Gasteiger partial charge in [-0.05, 0) is 35.4 Å². The highest BCUT2D eigenvalue weighted by molar-refractivity contribution is 6.32. The highest BCUT2D eigenvalue weighted by atomic mass is 35.5. The first-order valence-electron chi connectivity index (χ1n) is 8.01. The maximum absolute atomic E-state index is 12.5. The van der Waals surface area contributed by atoms with Crippen molar-refractivity contribution in [3.63, 3.8) is 0 Å². The van der Waals surface area contributed by atoms with Crippen molar-refractivity contribution in [3.8, 4) is 0 Å². The summed E-state index contributed by atoms with van der Waals surface area (Å²) in [5.74, 6) is -2.05. The van der Waals surface area contributed by atoms with Crippen LogP contribution in [0.3, 0.4) is 0 Å². The lowest BCUT2D eigenvalue weighted by atomic mass is 10.0. The van der Waals surface area contributed by atoms with Crippen LogP contribution in [0.2, 0.25) is 10.3 Å². The number of esters is 1. The second-order valence-corrected chi connectivity index (χ2v) is 6.79. The summed E-state index contributed by atoms with van der Waals surface area (Å²) >= 11 is 17.2. The van der Waals surface area contributed by atoms with E-state index in [0.717, 1.165) is 0 Å². The quantitative estimate of drug-likeness (QED) is 0.369. The molecule has 2 rings (SSSR count). The zero-order chi connectivity index (χ0) is 20.7. The lowest BCUT2D eigenvalue weighted by Gasteiger charge is -2.17. The van der Waals surface area contributed by atoms with Crippen molar-refractivity contribution >= 4 is 52.6 Å². The van der Waals surface area contributed by atoms with E-state index >= 15 is 0 Å². The predicted molar refractivity (Wildman–Crippen MR) is 105 cm³/mol. The number of carbonyl (C=O) groups is 3. The number of aromatic nitrogens is 1. The number of pyridine rings is 1. The van der Waals surface area contributed by atoms with Crippen LogP contribution in [-0.2, 0) is 27.4 Å². The third kappa shape index (κ3) is 6.67. The van der Waals surface area contributed by atoms with Gasteiger partial charge in [-0.3, -0.25) is 9.59 Å². The summed E-state index contributed by atoms with van der Waals surface area (Å²) in [5, 5.41) is 2.84. The van der Waals surface area contributed by atoms with Crippen LogP contribution in [0.1, 0.15) is 21.5 Å². The van der Waals surface area contributed by atoms with Crippen LogP contribution in [0.5, 0.6) is 0 Å². The third-order valence-corrected chi connectivity index (χ3v) is 4.25. The average molecular weight is 445 g/mol. The van der Waals surface area contributed by atoms with Crippen molar-refractivity contribution in [1.29, 1.82) is 0 Å². The van der Waals surface area contributed by atoms with E-state index in [0.29, 0.717) is 16.7 Å². The van der Waals surface area contributed by atoms with Crippen LogP contribution in [0.25, 0.3) is 0 Å². The van der Waals surface area contributed by atoms with Gasteiger partial charge in [0.2, 0.25) is 11.8 Å². The Hall–Kier alpha value is -2.35. The maximum atomic E-state index is 12.5. The number of benzene rings is 1. The van der Waals surface area contributed by atoms with Crippen molar-refractivity contribution in [2.75, 3.05) is 5.88 Å². The normalized spacial score (nSPS) is 11.5. The first-order chi connectivity index (χ1) is 13.3. The van der Waals surface area contributed by atoms with Crippen molar-refractivity contribution in [1.82, 2.24) is 10.3 Å². The fourth-order valence-corrected chi connectivity index (χ4v) is 2.90. The van der Waals surface area contributed by atoms with E-state index in [1.165, 1.54) is 24.3 Å². The minimum atomic E-state index is -0.974. The number of nitrogens with zero attached hydrogens (tertiary/aromatic N) is 1. The molecule has 0 aliphatic rings. The van der Waals surface area contributed by atoms with Gasteiger partial charge < -0.3 is 15.8 Å². The van der Waals surface area contributed by atoms with E-state index in [-0.39, 0.29) is 29.2 Å². The Labute approximate surface area is 176 Å². The molecule has 0 spiro atoms. The van der Waals surface area contributed by atoms with Gasteiger partial charge in [0, 0.05) is 12.0 Å². The molecule has 148 valence electrons. The Morgan fingerprint density at radius 3 is 2.21 bits per heavy atom. The van der Waals surface area contributed by atoms with E-state index in [4.69, 9.17) is 45.3 Å². The van der Waals surface area contributed by atoms with Gasteiger partial charge in [-0.25, -0.2) is 9.78 Å². The first kappa shape index (κ1) is 21.9. The summed E-state index contributed by atoms with van der Waals surface area (Å²) in [7, 11) is 0. The number of alkyl halides is 1. The fourth-order valence-electron chi connectivity index (χ4n) is 2.32. The summed E-state index contributed by atoms with van der Waals surface area (Å²) in [6.07, 6.45) is 0.137. The summed E-state index contributed by atoms with van der Waals surface area (Å²) in [5.41, 5.74) is 6.78. The largest absolute Gasteiger partial charge is 0.459 e. The standard InChI is InChI=1S/C18H16Cl3N3O4/c19-8-16(25)23-13(5-10-1-3-12(4-2-10)17(22)26)18(27)28-9-11-6-14(20)24-15(21)7-11/h1-4,6-7,13H,5,8-9H2,(H2,22,26)(H,23,25)/t13-/m0/s1. The third-order valence-electron chi connectivity index (χ3n) is 3.62. The Kier molecular flexibility index (Phi) is 8.04. The molecule has 0 saturated heterocycles. The van der Waals surface area contributed by atoms with Gasteiger partial charge >= 0.3 is 5.97 Å². The molecule has 0 aliphatic heterocycles. The lowest BCUT2D eigenvalue weighted by Crippen LogP contribution is -2.43. The van der Waals surface area contributed by atoms with E-state index in [1.54, 1.807) is 12.1 Å². The van der Waals surface area contributed by atoms with Gasteiger partial charge in [-0.2, -0.15) is 0 Å². The maximum Gasteiger partial charge on any atom is 0.329 e. The van der Waals surface area contributed by atoms with Crippen LogP contribution in [0.4, 0.5) is 0 Å². The second kappa shape index (κ2) is 10.3. The highest BCUT2D eigenvalue weighted by Crippen LogP contribution is 2.16. The van der Waals surface area contributed by atoms with Gasteiger partial charge in [0.1, 0.15) is 28.8 Å². The van der Waals surface area contributed by atoms with Crippen LogP contribution in [0.15, 0.2) is 36.4 Å². The van der Waals surface area contributed by atoms with E-state index in [1.807, 2.05) is 0 Å². The molecule has 2 amide bonds. The molecule has 0 saturated carbocycles. The molecule has 0 aliphatic carbocycles. The number of ether oxygens (including phenoxy) is 1. The monoisotopic (exact) mass is 443 g/mol. The molecule has 0 fully saturated rings. The molecular formula is C18H16Cl3N3O4. The van der Waals surface area contributed by atoms with Gasteiger partial charge in [0.15, 0.2) is 0 Å². The number of hydrogen-bond donors (Lipinski definition) is 2. The number of hydrogen-bond acceptors (Lipinski definition) is 5. The number of nitrogens with one attached hydrogen (secondary N) is 1. The topological polar surface area (TPSA) is 111 Å². The molecule has 1 aromatic heterocycles. The number of amides is 2. The van der Waals surface area contributed by atoms with Crippen molar-refractivity contribution < 1.29 is 19.1 Å². The zero-order valence-electron chi connectivity index (χ0n) is 14.5. The average Bonchev–Trinajstić information content (AvgIpc) is 2.65. The SMILES string of the molecule is NC(=O)c1ccc(C[C@H](NC(=O)CCl)C(=O)OCc2cc(Cl)nc(Cl)c2)cc1. The summed E-state index contributed by atoms with van der Waals surface area (Å²) in [6, 6.07) is 8.38. The number of rotatable bonds is 8. The molecule has 10 heteroatoms. The van der Waals surface area contributed by atoms with E-state index < -0.39 is 23.8 Å². The second-order valence-electron chi connectivity index (χ2n) is 5.75. The van der Waals surface area contributed by atoms with Crippen LogP contribution < -0.4 is 11.1 Å². The van der Waals surface area contributed by atoms with Crippen molar-refractivity contribution in [3.05, 3.63) is 63.4 Å². The van der Waals surface area contributed by atoms with Gasteiger partial charge in [-0.1, -0.05) is 35.3 Å². The Bertz CT molecular complexity index is 855. The van der Waals surface area contributed by atoms with Crippen LogP contribution in [-0.4, -0.2) is 34.7 Å². The smallest absolute Gasteiger partial charge is 0.329 e. The van der Waals surface area contributed by atoms with Crippen LogP contribution in [0, 0.1) is 0 Å². The van der Waals surface area contributed by atoms with Gasteiger partial charge in [0.05, 0.1) is 0 Å². The summed E-state index contributed by atoms with van der Waals surface area (Å²) < 4.78 is 5.26. The predicted octanol–water partition coefficient (Wildman–Crippen LogP) is 2.50. The molecule has 7 nitrogen and oxygen atoms in total. The van der Waals surface area contributed by atoms with Crippen LogP contribution >= 0.6 is 34.8 Å². The molecule has 1 heterocycles. The zero-order valence-corrected chi connectivity index (χ0v) is 16.7. The number of nitrogens with two attached hydrogens (primary N) is 1. The Morgan fingerprint density at radius 1 is 1.07 bits per heavy atom. The number of halogens is 3. The minimum absolute atomic E-state index is 0.103.